The third-order valence-corrected chi connectivity index (χ3v) is 1.93. The molecule has 0 amide bonds. The number of aromatic nitrogens is 1. The highest BCUT2D eigenvalue weighted by Gasteiger charge is 1.98. The summed E-state index contributed by atoms with van der Waals surface area (Å²) in [5, 5.41) is 0. The van der Waals surface area contributed by atoms with Gasteiger partial charge in [0.1, 0.15) is 5.75 Å². The summed E-state index contributed by atoms with van der Waals surface area (Å²) in [5.74, 6) is 0.819. The van der Waals surface area contributed by atoms with Crippen LogP contribution in [-0.2, 0) is 0 Å². The molecular formula is C11H16N2O. The molecule has 0 unspecified atom stereocenters. The highest BCUT2D eigenvalue weighted by Crippen LogP contribution is 2.16. The smallest absolute Gasteiger partial charge is 0.140 e. The molecule has 2 N–H and O–H groups in total. The van der Waals surface area contributed by atoms with Crippen LogP contribution in [0.25, 0.3) is 6.08 Å². The quantitative estimate of drug-likeness (QED) is 0.790. The van der Waals surface area contributed by atoms with Crippen molar-refractivity contribution in [2.45, 2.75) is 13.3 Å². The van der Waals surface area contributed by atoms with Crippen molar-refractivity contribution in [1.29, 1.82) is 0 Å². The Balaban J connectivity index is 2.79. The number of methoxy groups -OCH3 is 1. The molecule has 1 aromatic rings. The lowest BCUT2D eigenvalue weighted by Gasteiger charge is -2.03. The highest BCUT2D eigenvalue weighted by molar-refractivity contribution is 5.51. The second-order valence-corrected chi connectivity index (χ2v) is 3.04. The SMILES string of the molecule is COc1cc(/C=C/CCN)cnc1C. The summed E-state index contributed by atoms with van der Waals surface area (Å²) in [5.41, 5.74) is 7.33. The number of aryl methyl sites for hydroxylation is 1. The summed E-state index contributed by atoms with van der Waals surface area (Å²) in [6, 6.07) is 1.97. The Morgan fingerprint density at radius 1 is 1.57 bits per heavy atom. The zero-order valence-electron chi connectivity index (χ0n) is 8.66. The number of nitrogens with zero attached hydrogens (tertiary/aromatic N) is 1. The van der Waals surface area contributed by atoms with Crippen molar-refractivity contribution in [3.05, 3.63) is 29.6 Å². The van der Waals surface area contributed by atoms with Crippen LogP contribution in [0.3, 0.4) is 0 Å². The molecule has 76 valence electrons. The van der Waals surface area contributed by atoms with Gasteiger partial charge in [0.05, 0.1) is 12.8 Å². The molecule has 0 aliphatic heterocycles. The Morgan fingerprint density at radius 3 is 3.00 bits per heavy atom. The van der Waals surface area contributed by atoms with Crippen LogP contribution in [0.2, 0.25) is 0 Å². The predicted molar refractivity (Wildman–Crippen MR) is 58.2 cm³/mol. The summed E-state index contributed by atoms with van der Waals surface area (Å²) >= 11 is 0. The minimum absolute atomic E-state index is 0.674. The molecule has 3 heteroatoms. The first-order valence-electron chi connectivity index (χ1n) is 4.65. The van der Waals surface area contributed by atoms with Crippen LogP contribution in [0.5, 0.6) is 5.75 Å². The normalized spacial score (nSPS) is 10.8. The number of hydrogen-bond donors (Lipinski definition) is 1. The molecule has 0 radical (unpaired) electrons. The summed E-state index contributed by atoms with van der Waals surface area (Å²) in [4.78, 5) is 4.22. The van der Waals surface area contributed by atoms with E-state index in [1.165, 1.54) is 0 Å². The van der Waals surface area contributed by atoms with Gasteiger partial charge in [0, 0.05) is 6.20 Å². The number of nitrogens with two attached hydrogens (primary N) is 1. The molecule has 0 saturated carbocycles. The van der Waals surface area contributed by atoms with E-state index in [4.69, 9.17) is 10.5 Å². The topological polar surface area (TPSA) is 48.1 Å². The average Bonchev–Trinajstić information content (AvgIpc) is 2.21. The van der Waals surface area contributed by atoms with Gasteiger partial charge in [-0.1, -0.05) is 12.2 Å². The number of hydrogen-bond acceptors (Lipinski definition) is 3. The molecule has 3 nitrogen and oxygen atoms in total. The molecule has 14 heavy (non-hydrogen) atoms. The third kappa shape index (κ3) is 2.85. The van der Waals surface area contributed by atoms with Gasteiger partial charge in [-0.2, -0.15) is 0 Å². The summed E-state index contributed by atoms with van der Waals surface area (Å²) in [6.07, 6.45) is 6.74. The van der Waals surface area contributed by atoms with E-state index in [-0.39, 0.29) is 0 Å². The zero-order chi connectivity index (χ0) is 10.4. The van der Waals surface area contributed by atoms with Crippen LogP contribution < -0.4 is 10.5 Å². The van der Waals surface area contributed by atoms with Gasteiger partial charge in [-0.25, -0.2) is 0 Å². The van der Waals surface area contributed by atoms with Crippen LogP contribution in [0, 0.1) is 6.92 Å². The molecule has 0 aliphatic carbocycles. The molecule has 1 aromatic heterocycles. The molecule has 0 spiro atoms. The lowest BCUT2D eigenvalue weighted by molar-refractivity contribution is 0.409. The van der Waals surface area contributed by atoms with Gasteiger partial charge < -0.3 is 10.5 Å². The van der Waals surface area contributed by atoms with Gasteiger partial charge in [0.15, 0.2) is 0 Å². The third-order valence-electron chi connectivity index (χ3n) is 1.93. The van der Waals surface area contributed by atoms with Crippen LogP contribution in [-0.4, -0.2) is 18.6 Å². The summed E-state index contributed by atoms with van der Waals surface area (Å²) < 4.78 is 5.17. The largest absolute Gasteiger partial charge is 0.495 e. The molecule has 1 rings (SSSR count). The first-order valence-corrected chi connectivity index (χ1v) is 4.65. The van der Waals surface area contributed by atoms with E-state index in [0.717, 1.165) is 23.4 Å². The fourth-order valence-corrected chi connectivity index (χ4v) is 1.14. The van der Waals surface area contributed by atoms with Gasteiger partial charge in [-0.15, -0.1) is 0 Å². The molecule has 1 heterocycles. The Bertz CT molecular complexity index is 321. The Labute approximate surface area is 84.6 Å². The maximum absolute atomic E-state index is 5.38. The van der Waals surface area contributed by atoms with Gasteiger partial charge >= 0.3 is 0 Å². The van der Waals surface area contributed by atoms with Crippen LogP contribution in [0.1, 0.15) is 17.7 Å². The lowest BCUT2D eigenvalue weighted by atomic mass is 10.2. The van der Waals surface area contributed by atoms with E-state index >= 15 is 0 Å². The monoisotopic (exact) mass is 192 g/mol. The molecule has 0 saturated heterocycles. The minimum atomic E-state index is 0.674. The van der Waals surface area contributed by atoms with E-state index in [9.17, 15) is 0 Å². The first kappa shape index (κ1) is 10.7. The molecule has 0 aromatic carbocycles. The molecule has 0 aliphatic rings. The summed E-state index contributed by atoms with van der Waals surface area (Å²) in [7, 11) is 1.65. The lowest BCUT2D eigenvalue weighted by Crippen LogP contribution is -1.95. The molecule has 0 fully saturated rings. The van der Waals surface area contributed by atoms with Crippen LogP contribution in [0.15, 0.2) is 18.3 Å². The van der Waals surface area contributed by atoms with Crippen LogP contribution in [0.4, 0.5) is 0 Å². The minimum Gasteiger partial charge on any atom is -0.495 e. The van der Waals surface area contributed by atoms with Crippen LogP contribution >= 0.6 is 0 Å². The number of rotatable bonds is 4. The molecule has 0 atom stereocenters. The standard InChI is InChI=1S/C11H16N2O/c1-9-11(14-2)7-10(8-13-9)5-3-4-6-12/h3,5,7-8H,4,6,12H2,1-2H3/b5-3+. The number of ether oxygens (including phenoxy) is 1. The predicted octanol–water partition coefficient (Wildman–Crippen LogP) is 1.76. The molecular weight excluding hydrogens is 176 g/mol. The van der Waals surface area contributed by atoms with Crippen molar-refractivity contribution < 1.29 is 4.74 Å². The average molecular weight is 192 g/mol. The van der Waals surface area contributed by atoms with E-state index in [1.54, 1.807) is 7.11 Å². The van der Waals surface area contributed by atoms with Crippen molar-refractivity contribution >= 4 is 6.08 Å². The van der Waals surface area contributed by atoms with E-state index < -0.39 is 0 Å². The van der Waals surface area contributed by atoms with Gasteiger partial charge in [-0.3, -0.25) is 4.98 Å². The second kappa shape index (κ2) is 5.40. The highest BCUT2D eigenvalue weighted by atomic mass is 16.5. The van der Waals surface area contributed by atoms with Crippen molar-refractivity contribution in [3.8, 4) is 5.75 Å². The zero-order valence-corrected chi connectivity index (χ0v) is 8.66. The maximum Gasteiger partial charge on any atom is 0.140 e. The number of pyridine rings is 1. The maximum atomic E-state index is 5.38. The van der Waals surface area contributed by atoms with Crippen molar-refractivity contribution in [3.63, 3.8) is 0 Å². The summed E-state index contributed by atoms with van der Waals surface area (Å²) in [6.45, 7) is 2.60. The van der Waals surface area contributed by atoms with Crippen molar-refractivity contribution in [1.82, 2.24) is 4.98 Å². The van der Waals surface area contributed by atoms with Crippen molar-refractivity contribution in [2.75, 3.05) is 13.7 Å². The Morgan fingerprint density at radius 2 is 2.36 bits per heavy atom. The first-order chi connectivity index (χ1) is 6.77. The molecule has 0 bridgehead atoms. The van der Waals surface area contributed by atoms with Gasteiger partial charge in [0.25, 0.3) is 0 Å². The Hall–Kier alpha value is -1.35. The fraction of sp³-hybridized carbons (Fsp3) is 0.364. The van der Waals surface area contributed by atoms with Gasteiger partial charge in [0.2, 0.25) is 0 Å². The van der Waals surface area contributed by atoms with Crippen molar-refractivity contribution in [2.24, 2.45) is 5.73 Å². The Kier molecular flexibility index (Phi) is 4.13. The fourth-order valence-electron chi connectivity index (χ4n) is 1.14. The van der Waals surface area contributed by atoms with E-state index in [0.29, 0.717) is 6.54 Å². The van der Waals surface area contributed by atoms with E-state index in [1.807, 2.05) is 31.3 Å². The van der Waals surface area contributed by atoms with E-state index in [2.05, 4.69) is 4.98 Å². The van der Waals surface area contributed by atoms with Gasteiger partial charge in [-0.05, 0) is 31.5 Å². The second-order valence-electron chi connectivity index (χ2n) is 3.04.